The monoisotopic (exact) mass is 175 g/mol. The Morgan fingerprint density at radius 1 is 1.38 bits per heavy atom. The lowest BCUT2D eigenvalue weighted by Gasteiger charge is -1.92. The van der Waals surface area contributed by atoms with Gasteiger partial charge >= 0.3 is 0 Å². The van der Waals surface area contributed by atoms with Gasteiger partial charge in [-0.15, -0.1) is 0 Å². The number of hydrogen-bond donors (Lipinski definition) is 1. The van der Waals surface area contributed by atoms with Gasteiger partial charge in [-0.05, 0) is 18.6 Å². The second-order valence-electron chi connectivity index (χ2n) is 3.17. The summed E-state index contributed by atoms with van der Waals surface area (Å²) in [5, 5.41) is 1.01. The maximum absolute atomic E-state index is 11.2. The Hall–Kier alpha value is -1.64. The largest absolute Gasteiger partial charge is 0.361 e. The first-order valence-electron chi connectivity index (χ1n) is 4.17. The van der Waals surface area contributed by atoms with Gasteiger partial charge in [-0.25, -0.2) is 0 Å². The van der Waals surface area contributed by atoms with E-state index in [1.807, 2.05) is 31.3 Å². The van der Waals surface area contributed by atoms with Crippen molar-refractivity contribution in [1.29, 1.82) is 0 Å². The molecule has 0 spiro atoms. The minimum absolute atomic E-state index is 0.719. The van der Waals surface area contributed by atoms with Crippen molar-refractivity contribution < 1.29 is 4.76 Å². The summed E-state index contributed by atoms with van der Waals surface area (Å²) in [5.41, 5.74) is 2.84. The number of benzene rings is 1. The van der Waals surface area contributed by atoms with Gasteiger partial charge in [0.05, 0.1) is 10.9 Å². The maximum atomic E-state index is 11.2. The molecular formula is C10H11N2O+. The zero-order chi connectivity index (χ0) is 9.42. The Morgan fingerprint density at radius 2 is 2.15 bits per heavy atom. The highest BCUT2D eigenvalue weighted by molar-refractivity contribution is 5.91. The third-order valence-electron chi connectivity index (χ3n) is 2.22. The molecule has 3 heteroatoms. The van der Waals surface area contributed by atoms with Crippen LogP contribution in [0.2, 0.25) is 0 Å². The van der Waals surface area contributed by atoms with Crippen molar-refractivity contribution in [3.8, 4) is 0 Å². The van der Waals surface area contributed by atoms with E-state index in [-0.39, 0.29) is 0 Å². The molecule has 2 rings (SSSR count). The average Bonchev–Trinajstić information content (AvgIpc) is 2.48. The third kappa shape index (κ3) is 1.13. The Morgan fingerprint density at radius 3 is 2.85 bits per heavy atom. The van der Waals surface area contributed by atoms with Crippen LogP contribution in [0.1, 0.15) is 5.56 Å². The second kappa shape index (κ2) is 2.69. The van der Waals surface area contributed by atoms with E-state index in [1.165, 1.54) is 7.05 Å². The summed E-state index contributed by atoms with van der Waals surface area (Å²) in [6.07, 6.45) is 1.91. The number of nitrogens with one attached hydrogen (secondary N) is 1. The fourth-order valence-corrected chi connectivity index (χ4v) is 1.60. The van der Waals surface area contributed by atoms with Gasteiger partial charge in [-0.3, -0.25) is 0 Å². The molecule has 0 saturated carbocycles. The number of H-pyrrole nitrogens is 1. The fraction of sp³-hybridized carbons (Fsp3) is 0.200. The Balaban J connectivity index is 2.88. The van der Waals surface area contributed by atoms with E-state index in [9.17, 15) is 4.91 Å². The molecule has 66 valence electrons. The molecule has 13 heavy (non-hydrogen) atoms. The fourth-order valence-electron chi connectivity index (χ4n) is 1.60. The standard InChI is InChI=1S/C10H11N2O/c1-7-6-11-8-4-3-5-9(10(7)8)12(2)13/h3-6,11H,1-2H3/q+1. The van der Waals surface area contributed by atoms with Crippen LogP contribution < -0.4 is 0 Å². The lowest BCUT2D eigenvalue weighted by atomic mass is 10.1. The molecule has 1 aromatic heterocycles. The molecule has 0 unspecified atom stereocenters. The summed E-state index contributed by atoms with van der Waals surface area (Å²) in [7, 11) is 1.52. The van der Waals surface area contributed by atoms with E-state index >= 15 is 0 Å². The van der Waals surface area contributed by atoms with Gasteiger partial charge in [-0.2, -0.15) is 0 Å². The predicted octanol–water partition coefficient (Wildman–Crippen LogP) is 2.52. The molecule has 0 fully saturated rings. The summed E-state index contributed by atoms with van der Waals surface area (Å²) in [4.78, 5) is 14.3. The van der Waals surface area contributed by atoms with Gasteiger partial charge in [0.15, 0.2) is 7.05 Å². The van der Waals surface area contributed by atoms with E-state index in [0.29, 0.717) is 0 Å². The van der Waals surface area contributed by atoms with Crippen LogP contribution in [0.15, 0.2) is 24.4 Å². The van der Waals surface area contributed by atoms with E-state index in [2.05, 4.69) is 4.98 Å². The molecule has 3 nitrogen and oxygen atoms in total. The quantitative estimate of drug-likeness (QED) is 0.664. The summed E-state index contributed by atoms with van der Waals surface area (Å²) in [6, 6.07) is 5.67. The SMILES string of the molecule is Cc1c[nH]c2cccc([N+](C)=O)c12. The lowest BCUT2D eigenvalue weighted by Crippen LogP contribution is -1.91. The molecule has 1 N–H and O–H groups in total. The molecule has 0 saturated heterocycles. The number of aryl methyl sites for hydroxylation is 1. The molecule has 1 heterocycles. The van der Waals surface area contributed by atoms with Crippen LogP contribution in [0.3, 0.4) is 0 Å². The van der Waals surface area contributed by atoms with E-state index in [1.54, 1.807) is 0 Å². The third-order valence-corrected chi connectivity index (χ3v) is 2.22. The number of nitrogens with zero attached hydrogens (tertiary/aromatic N) is 1. The molecule has 0 radical (unpaired) electrons. The van der Waals surface area contributed by atoms with E-state index in [4.69, 9.17) is 0 Å². The topological polar surface area (TPSA) is 35.9 Å². The summed E-state index contributed by atoms with van der Waals surface area (Å²) in [5.74, 6) is 0. The molecule has 2 aromatic rings. The summed E-state index contributed by atoms with van der Waals surface area (Å²) >= 11 is 0. The summed E-state index contributed by atoms with van der Waals surface area (Å²) < 4.78 is 0.892. The van der Waals surface area contributed by atoms with Gasteiger partial charge in [0.2, 0.25) is 0 Å². The van der Waals surface area contributed by atoms with Gasteiger partial charge in [0, 0.05) is 21.9 Å². The van der Waals surface area contributed by atoms with Crippen LogP contribution in [0, 0.1) is 11.8 Å². The first-order chi connectivity index (χ1) is 6.20. The van der Waals surface area contributed by atoms with Crippen LogP contribution in [-0.2, 0) is 0 Å². The number of hydrogen-bond acceptors (Lipinski definition) is 1. The molecular weight excluding hydrogens is 164 g/mol. The van der Waals surface area contributed by atoms with Crippen LogP contribution in [0.25, 0.3) is 10.9 Å². The molecule has 0 aliphatic heterocycles. The highest BCUT2D eigenvalue weighted by atomic mass is 16.3. The minimum Gasteiger partial charge on any atom is -0.361 e. The molecule has 0 atom stereocenters. The number of fused-ring (bicyclic) bond motifs is 1. The molecule has 0 bridgehead atoms. The lowest BCUT2D eigenvalue weighted by molar-refractivity contribution is -0.426. The zero-order valence-corrected chi connectivity index (χ0v) is 7.66. The van der Waals surface area contributed by atoms with E-state index in [0.717, 1.165) is 26.9 Å². The smallest absolute Gasteiger partial charge is 0.265 e. The number of aromatic amines is 1. The Kier molecular flexibility index (Phi) is 1.65. The van der Waals surface area contributed by atoms with Gasteiger partial charge < -0.3 is 4.98 Å². The van der Waals surface area contributed by atoms with Crippen LogP contribution >= 0.6 is 0 Å². The number of aromatic nitrogens is 1. The highest BCUT2D eigenvalue weighted by Gasteiger charge is 2.14. The highest BCUT2D eigenvalue weighted by Crippen LogP contribution is 2.27. The van der Waals surface area contributed by atoms with Crippen molar-refractivity contribution in [2.45, 2.75) is 6.92 Å². The van der Waals surface area contributed by atoms with Crippen molar-refractivity contribution in [3.63, 3.8) is 0 Å². The van der Waals surface area contributed by atoms with Gasteiger partial charge in [0.25, 0.3) is 5.69 Å². The van der Waals surface area contributed by atoms with Crippen LogP contribution in [0.5, 0.6) is 0 Å². The summed E-state index contributed by atoms with van der Waals surface area (Å²) in [6.45, 7) is 1.99. The second-order valence-corrected chi connectivity index (χ2v) is 3.17. The van der Waals surface area contributed by atoms with Crippen molar-refractivity contribution in [2.24, 2.45) is 0 Å². The Bertz CT molecular complexity index is 471. The van der Waals surface area contributed by atoms with E-state index < -0.39 is 0 Å². The maximum Gasteiger partial charge on any atom is 0.265 e. The number of nitroso groups, excluding NO2 is 1. The average molecular weight is 175 g/mol. The normalized spacial score (nSPS) is 10.6. The van der Waals surface area contributed by atoms with Crippen molar-refractivity contribution in [1.82, 2.24) is 4.98 Å². The van der Waals surface area contributed by atoms with Crippen LogP contribution in [-0.4, -0.2) is 16.8 Å². The Labute approximate surface area is 76.0 Å². The van der Waals surface area contributed by atoms with Crippen molar-refractivity contribution in [3.05, 3.63) is 34.9 Å². The number of rotatable bonds is 1. The van der Waals surface area contributed by atoms with Crippen molar-refractivity contribution in [2.75, 3.05) is 7.05 Å². The van der Waals surface area contributed by atoms with Gasteiger partial charge in [-0.1, -0.05) is 6.07 Å². The van der Waals surface area contributed by atoms with Crippen LogP contribution in [0.4, 0.5) is 5.69 Å². The molecule has 0 aliphatic rings. The van der Waals surface area contributed by atoms with Crippen molar-refractivity contribution >= 4 is 16.6 Å². The minimum atomic E-state index is 0.719. The molecule has 1 aromatic carbocycles. The predicted molar refractivity (Wildman–Crippen MR) is 52.2 cm³/mol. The molecule has 0 amide bonds. The zero-order valence-electron chi connectivity index (χ0n) is 7.66. The van der Waals surface area contributed by atoms with Gasteiger partial charge in [0.1, 0.15) is 0 Å². The first kappa shape index (κ1) is 7.98. The molecule has 0 aliphatic carbocycles. The first-order valence-corrected chi connectivity index (χ1v) is 4.17.